The Bertz CT molecular complexity index is 712. The molecule has 5 unspecified atom stereocenters. The zero-order valence-corrected chi connectivity index (χ0v) is 19.2. The van der Waals surface area contributed by atoms with Gasteiger partial charge in [0.15, 0.2) is 0 Å². The second-order valence-electron chi connectivity index (χ2n) is 8.67. The second kappa shape index (κ2) is 12.4. The minimum absolute atomic E-state index is 0.0390. The van der Waals surface area contributed by atoms with Crippen LogP contribution < -0.4 is 16.4 Å². The van der Waals surface area contributed by atoms with Crippen LogP contribution in [0.25, 0.3) is 0 Å². The number of hydrogen-bond donors (Lipinski definition) is 5. The largest absolute Gasteiger partial charge is 0.481 e. The van der Waals surface area contributed by atoms with E-state index in [1.165, 1.54) is 4.90 Å². The number of rotatable bonds is 12. The van der Waals surface area contributed by atoms with E-state index in [1.54, 1.807) is 20.8 Å². The molecule has 0 spiro atoms. The smallest absolute Gasteiger partial charge is 0.326 e. The Balaban J connectivity index is 2.92. The Labute approximate surface area is 188 Å². The number of amides is 3. The molecule has 11 heteroatoms. The van der Waals surface area contributed by atoms with E-state index in [0.717, 1.165) is 0 Å². The quantitative estimate of drug-likeness (QED) is 0.270. The van der Waals surface area contributed by atoms with E-state index in [2.05, 4.69) is 10.6 Å². The lowest BCUT2D eigenvalue weighted by molar-refractivity contribution is -0.144. The summed E-state index contributed by atoms with van der Waals surface area (Å²) < 4.78 is 0. The molecular formula is C21H36N4O7. The van der Waals surface area contributed by atoms with Crippen molar-refractivity contribution in [2.75, 3.05) is 6.54 Å². The SMILES string of the molecule is CCC(C)C(NC(=O)C1CCCN1C(=O)C(N)CCC(=O)O)C(=O)NC(C(=O)O)C(C)C. The van der Waals surface area contributed by atoms with Gasteiger partial charge in [0.2, 0.25) is 17.7 Å². The van der Waals surface area contributed by atoms with Crippen LogP contribution in [0.4, 0.5) is 0 Å². The monoisotopic (exact) mass is 456 g/mol. The Kier molecular flexibility index (Phi) is 10.6. The molecule has 1 fully saturated rings. The van der Waals surface area contributed by atoms with Crippen molar-refractivity contribution >= 4 is 29.7 Å². The maximum atomic E-state index is 13.0. The maximum Gasteiger partial charge on any atom is 0.326 e. The number of carbonyl (C=O) groups excluding carboxylic acids is 3. The molecule has 11 nitrogen and oxygen atoms in total. The van der Waals surface area contributed by atoms with Crippen molar-refractivity contribution in [3.05, 3.63) is 0 Å². The highest BCUT2D eigenvalue weighted by Crippen LogP contribution is 2.20. The summed E-state index contributed by atoms with van der Waals surface area (Å²) in [7, 11) is 0. The molecule has 0 aromatic carbocycles. The molecule has 0 bridgehead atoms. The first-order valence-electron chi connectivity index (χ1n) is 11.0. The Morgan fingerprint density at radius 2 is 1.69 bits per heavy atom. The first-order valence-corrected chi connectivity index (χ1v) is 11.0. The molecule has 0 aromatic rings. The third-order valence-electron chi connectivity index (χ3n) is 5.85. The summed E-state index contributed by atoms with van der Waals surface area (Å²) in [5.74, 6) is -4.46. The molecule has 0 aliphatic carbocycles. The van der Waals surface area contributed by atoms with Gasteiger partial charge in [-0.1, -0.05) is 34.1 Å². The van der Waals surface area contributed by atoms with Gasteiger partial charge in [-0.2, -0.15) is 0 Å². The number of nitrogens with two attached hydrogens (primary N) is 1. The summed E-state index contributed by atoms with van der Waals surface area (Å²) in [6, 6.07) is -3.91. The second-order valence-corrected chi connectivity index (χ2v) is 8.67. The van der Waals surface area contributed by atoms with Crippen LogP contribution in [0.3, 0.4) is 0 Å². The number of likely N-dealkylation sites (tertiary alicyclic amines) is 1. The van der Waals surface area contributed by atoms with Gasteiger partial charge in [-0.15, -0.1) is 0 Å². The van der Waals surface area contributed by atoms with Crippen molar-refractivity contribution in [3.8, 4) is 0 Å². The standard InChI is InChI=1S/C21H36N4O7/c1-5-12(4)17(19(29)23-16(11(2)3)21(31)32)24-18(28)14-7-6-10-25(14)20(30)13(22)8-9-15(26)27/h11-14,16-17H,5-10,22H2,1-4H3,(H,23,29)(H,24,28)(H,26,27)(H,31,32). The highest BCUT2D eigenvalue weighted by Gasteiger charge is 2.39. The van der Waals surface area contributed by atoms with Crippen LogP contribution >= 0.6 is 0 Å². The lowest BCUT2D eigenvalue weighted by Crippen LogP contribution is -2.58. The van der Waals surface area contributed by atoms with E-state index in [9.17, 15) is 29.1 Å². The topological polar surface area (TPSA) is 179 Å². The molecule has 1 aliphatic heterocycles. The van der Waals surface area contributed by atoms with Crippen LogP contribution in [0.5, 0.6) is 0 Å². The van der Waals surface area contributed by atoms with Crippen molar-refractivity contribution in [1.82, 2.24) is 15.5 Å². The number of nitrogens with zero attached hydrogens (tertiary/aromatic N) is 1. The van der Waals surface area contributed by atoms with Crippen LogP contribution in [0.15, 0.2) is 0 Å². The highest BCUT2D eigenvalue weighted by atomic mass is 16.4. The minimum Gasteiger partial charge on any atom is -0.481 e. The maximum absolute atomic E-state index is 13.0. The number of aliphatic carboxylic acids is 2. The number of hydrogen-bond acceptors (Lipinski definition) is 6. The van der Waals surface area contributed by atoms with E-state index in [0.29, 0.717) is 25.8 Å². The van der Waals surface area contributed by atoms with E-state index >= 15 is 0 Å². The molecule has 1 rings (SSSR count). The van der Waals surface area contributed by atoms with Gasteiger partial charge < -0.3 is 31.5 Å². The van der Waals surface area contributed by atoms with Gasteiger partial charge in [0.05, 0.1) is 6.04 Å². The molecule has 0 radical (unpaired) electrons. The predicted molar refractivity (Wildman–Crippen MR) is 115 cm³/mol. The fraction of sp³-hybridized carbons (Fsp3) is 0.762. The summed E-state index contributed by atoms with van der Waals surface area (Å²) in [6.45, 7) is 7.28. The van der Waals surface area contributed by atoms with E-state index in [-0.39, 0.29) is 24.7 Å². The highest BCUT2D eigenvalue weighted by molar-refractivity contribution is 5.94. The fourth-order valence-electron chi connectivity index (χ4n) is 3.63. The van der Waals surface area contributed by atoms with Gasteiger partial charge in [-0.25, -0.2) is 4.79 Å². The van der Waals surface area contributed by atoms with Gasteiger partial charge in [-0.3, -0.25) is 19.2 Å². The summed E-state index contributed by atoms with van der Waals surface area (Å²) in [5, 5.41) is 23.3. The molecule has 3 amide bonds. The number of nitrogens with one attached hydrogen (secondary N) is 2. The Hall–Kier alpha value is -2.69. The summed E-state index contributed by atoms with van der Waals surface area (Å²) in [5.41, 5.74) is 5.83. The Morgan fingerprint density at radius 1 is 1.06 bits per heavy atom. The summed E-state index contributed by atoms with van der Waals surface area (Å²) in [6.07, 6.45) is 1.23. The predicted octanol–water partition coefficient (Wildman–Crippen LogP) is -0.0742. The summed E-state index contributed by atoms with van der Waals surface area (Å²) in [4.78, 5) is 62.0. The molecule has 1 aliphatic rings. The fourth-order valence-corrected chi connectivity index (χ4v) is 3.63. The van der Waals surface area contributed by atoms with Crippen LogP contribution in [-0.4, -0.2) is 75.5 Å². The average molecular weight is 457 g/mol. The minimum atomic E-state index is -1.16. The van der Waals surface area contributed by atoms with Crippen molar-refractivity contribution < 1.29 is 34.2 Å². The third-order valence-corrected chi connectivity index (χ3v) is 5.85. The molecule has 0 aromatic heterocycles. The van der Waals surface area contributed by atoms with Crippen molar-refractivity contribution in [2.45, 2.75) is 84.0 Å². The normalized spacial score (nSPS) is 19.7. The zero-order valence-electron chi connectivity index (χ0n) is 19.2. The lowest BCUT2D eigenvalue weighted by atomic mass is 9.96. The van der Waals surface area contributed by atoms with Crippen LogP contribution in [-0.2, 0) is 24.0 Å². The first-order chi connectivity index (χ1) is 14.9. The average Bonchev–Trinajstić information content (AvgIpc) is 3.21. The zero-order chi connectivity index (χ0) is 24.6. The van der Waals surface area contributed by atoms with Gasteiger partial charge in [0.25, 0.3) is 0 Å². The molecular weight excluding hydrogens is 420 g/mol. The molecule has 1 heterocycles. The molecule has 5 atom stereocenters. The summed E-state index contributed by atoms with van der Waals surface area (Å²) >= 11 is 0. The van der Waals surface area contributed by atoms with Crippen LogP contribution in [0.2, 0.25) is 0 Å². The first kappa shape index (κ1) is 27.3. The van der Waals surface area contributed by atoms with Gasteiger partial charge >= 0.3 is 11.9 Å². The van der Waals surface area contributed by atoms with Gasteiger partial charge in [-0.05, 0) is 31.1 Å². The molecule has 182 valence electrons. The lowest BCUT2D eigenvalue weighted by Gasteiger charge is -2.30. The van der Waals surface area contributed by atoms with Crippen molar-refractivity contribution in [1.29, 1.82) is 0 Å². The molecule has 6 N–H and O–H groups in total. The van der Waals surface area contributed by atoms with E-state index in [4.69, 9.17) is 10.8 Å². The van der Waals surface area contributed by atoms with Gasteiger partial charge in [0, 0.05) is 13.0 Å². The van der Waals surface area contributed by atoms with E-state index in [1.807, 2.05) is 6.92 Å². The van der Waals surface area contributed by atoms with Crippen molar-refractivity contribution in [2.24, 2.45) is 17.6 Å². The Morgan fingerprint density at radius 3 is 2.19 bits per heavy atom. The van der Waals surface area contributed by atoms with Crippen LogP contribution in [0, 0.1) is 11.8 Å². The third kappa shape index (κ3) is 7.47. The number of carbonyl (C=O) groups is 5. The molecule has 0 saturated carbocycles. The van der Waals surface area contributed by atoms with Crippen molar-refractivity contribution in [3.63, 3.8) is 0 Å². The molecule has 1 saturated heterocycles. The number of carboxylic acid groups (broad SMARTS) is 2. The van der Waals surface area contributed by atoms with Crippen LogP contribution in [0.1, 0.15) is 59.8 Å². The number of carboxylic acids is 2. The van der Waals surface area contributed by atoms with E-state index < -0.39 is 53.8 Å². The molecule has 32 heavy (non-hydrogen) atoms. The van der Waals surface area contributed by atoms with Gasteiger partial charge in [0.1, 0.15) is 18.1 Å².